The SMILES string of the molecule is CCCC(CC)NC1CC1(C)C. The second-order valence-corrected chi connectivity index (χ2v) is 4.81. The zero-order chi connectivity index (χ0) is 9.19. The molecule has 1 rings (SSSR count). The van der Waals surface area contributed by atoms with Crippen molar-refractivity contribution in [1.82, 2.24) is 5.32 Å². The van der Waals surface area contributed by atoms with Crippen molar-refractivity contribution in [1.29, 1.82) is 0 Å². The second-order valence-electron chi connectivity index (χ2n) is 4.81. The molecule has 1 saturated carbocycles. The molecule has 0 saturated heterocycles. The molecule has 0 aliphatic heterocycles. The minimum atomic E-state index is 0.584. The van der Waals surface area contributed by atoms with E-state index in [-0.39, 0.29) is 0 Å². The monoisotopic (exact) mass is 169 g/mol. The first-order valence-corrected chi connectivity index (χ1v) is 5.36. The molecule has 0 bridgehead atoms. The fourth-order valence-corrected chi connectivity index (χ4v) is 1.79. The Kier molecular flexibility index (Phi) is 3.16. The maximum atomic E-state index is 3.73. The van der Waals surface area contributed by atoms with Crippen molar-refractivity contribution in [3.8, 4) is 0 Å². The molecule has 1 aliphatic rings. The van der Waals surface area contributed by atoms with Gasteiger partial charge in [-0.2, -0.15) is 0 Å². The molecular weight excluding hydrogens is 146 g/mol. The summed E-state index contributed by atoms with van der Waals surface area (Å²) in [4.78, 5) is 0. The molecule has 0 spiro atoms. The minimum Gasteiger partial charge on any atom is -0.311 e. The zero-order valence-electron chi connectivity index (χ0n) is 8.98. The first kappa shape index (κ1) is 10.0. The van der Waals surface area contributed by atoms with Gasteiger partial charge < -0.3 is 5.32 Å². The van der Waals surface area contributed by atoms with Gasteiger partial charge in [-0.25, -0.2) is 0 Å². The molecule has 72 valence electrons. The highest BCUT2D eigenvalue weighted by Gasteiger charge is 2.45. The van der Waals surface area contributed by atoms with E-state index < -0.39 is 0 Å². The normalized spacial score (nSPS) is 28.5. The largest absolute Gasteiger partial charge is 0.311 e. The van der Waals surface area contributed by atoms with Crippen LogP contribution in [-0.4, -0.2) is 12.1 Å². The Labute approximate surface area is 76.9 Å². The van der Waals surface area contributed by atoms with Crippen LogP contribution in [0.1, 0.15) is 53.4 Å². The molecule has 12 heavy (non-hydrogen) atoms. The summed E-state index contributed by atoms with van der Waals surface area (Å²) in [6, 6.07) is 1.57. The zero-order valence-corrected chi connectivity index (χ0v) is 8.98. The summed E-state index contributed by atoms with van der Waals surface area (Å²) in [5.41, 5.74) is 0.584. The van der Waals surface area contributed by atoms with Gasteiger partial charge in [-0.1, -0.05) is 34.1 Å². The molecule has 1 N–H and O–H groups in total. The smallest absolute Gasteiger partial charge is 0.0127 e. The van der Waals surface area contributed by atoms with Crippen molar-refractivity contribution in [3.05, 3.63) is 0 Å². The Balaban J connectivity index is 2.20. The molecule has 2 atom stereocenters. The Morgan fingerprint density at radius 3 is 2.33 bits per heavy atom. The van der Waals surface area contributed by atoms with Crippen LogP contribution in [-0.2, 0) is 0 Å². The van der Waals surface area contributed by atoms with E-state index in [0.717, 1.165) is 12.1 Å². The van der Waals surface area contributed by atoms with Crippen LogP contribution in [0, 0.1) is 5.41 Å². The lowest BCUT2D eigenvalue weighted by Gasteiger charge is -2.17. The highest BCUT2D eigenvalue weighted by atomic mass is 15.0. The third kappa shape index (κ3) is 2.48. The topological polar surface area (TPSA) is 12.0 Å². The van der Waals surface area contributed by atoms with Crippen molar-refractivity contribution >= 4 is 0 Å². The quantitative estimate of drug-likeness (QED) is 0.667. The maximum absolute atomic E-state index is 3.73. The van der Waals surface area contributed by atoms with Crippen LogP contribution in [0.3, 0.4) is 0 Å². The summed E-state index contributed by atoms with van der Waals surface area (Å²) in [5.74, 6) is 0. The van der Waals surface area contributed by atoms with Crippen molar-refractivity contribution in [3.63, 3.8) is 0 Å². The highest BCUT2D eigenvalue weighted by Crippen LogP contribution is 2.45. The molecule has 2 unspecified atom stereocenters. The Morgan fingerprint density at radius 1 is 1.42 bits per heavy atom. The summed E-state index contributed by atoms with van der Waals surface area (Å²) in [6.45, 7) is 9.25. The molecular formula is C11H23N. The maximum Gasteiger partial charge on any atom is 0.0127 e. The molecule has 0 heterocycles. The molecule has 0 amide bonds. The predicted molar refractivity (Wildman–Crippen MR) is 54.3 cm³/mol. The van der Waals surface area contributed by atoms with Crippen LogP contribution >= 0.6 is 0 Å². The molecule has 0 aromatic rings. The third-order valence-corrected chi connectivity index (χ3v) is 3.08. The van der Waals surface area contributed by atoms with E-state index in [2.05, 4.69) is 33.0 Å². The van der Waals surface area contributed by atoms with Gasteiger partial charge in [0, 0.05) is 12.1 Å². The van der Waals surface area contributed by atoms with Gasteiger partial charge in [0.05, 0.1) is 0 Å². The average Bonchev–Trinajstić information content (AvgIpc) is 2.58. The van der Waals surface area contributed by atoms with Crippen LogP contribution in [0.25, 0.3) is 0 Å². The molecule has 0 radical (unpaired) electrons. The van der Waals surface area contributed by atoms with Gasteiger partial charge in [0.1, 0.15) is 0 Å². The van der Waals surface area contributed by atoms with Gasteiger partial charge in [-0.05, 0) is 24.7 Å². The van der Waals surface area contributed by atoms with Gasteiger partial charge in [0.2, 0.25) is 0 Å². The van der Waals surface area contributed by atoms with Gasteiger partial charge >= 0.3 is 0 Å². The predicted octanol–water partition coefficient (Wildman–Crippen LogP) is 2.95. The Hall–Kier alpha value is -0.0400. The summed E-state index contributed by atoms with van der Waals surface area (Å²) in [6.07, 6.45) is 5.29. The summed E-state index contributed by atoms with van der Waals surface area (Å²) < 4.78 is 0. The molecule has 0 aromatic carbocycles. The van der Waals surface area contributed by atoms with Crippen molar-refractivity contribution in [2.24, 2.45) is 5.41 Å². The van der Waals surface area contributed by atoms with Crippen LogP contribution in [0.15, 0.2) is 0 Å². The van der Waals surface area contributed by atoms with Crippen LogP contribution in [0.2, 0.25) is 0 Å². The van der Waals surface area contributed by atoms with Crippen molar-refractivity contribution < 1.29 is 0 Å². The lowest BCUT2D eigenvalue weighted by atomic mass is 10.1. The van der Waals surface area contributed by atoms with Crippen molar-refractivity contribution in [2.75, 3.05) is 0 Å². The van der Waals surface area contributed by atoms with E-state index in [9.17, 15) is 0 Å². The van der Waals surface area contributed by atoms with Crippen LogP contribution in [0.4, 0.5) is 0 Å². The first-order valence-electron chi connectivity index (χ1n) is 5.36. The molecule has 1 nitrogen and oxygen atoms in total. The van der Waals surface area contributed by atoms with Gasteiger partial charge in [-0.15, -0.1) is 0 Å². The Bertz CT molecular complexity index is 140. The van der Waals surface area contributed by atoms with E-state index in [0.29, 0.717) is 5.41 Å². The molecule has 0 aromatic heterocycles. The summed E-state index contributed by atoms with van der Waals surface area (Å²) >= 11 is 0. The van der Waals surface area contributed by atoms with E-state index in [4.69, 9.17) is 0 Å². The second kappa shape index (κ2) is 3.78. The number of hydrogen-bond acceptors (Lipinski definition) is 1. The number of rotatable bonds is 5. The van der Waals surface area contributed by atoms with Crippen molar-refractivity contribution in [2.45, 2.75) is 65.5 Å². The fourth-order valence-electron chi connectivity index (χ4n) is 1.79. The summed E-state index contributed by atoms with van der Waals surface area (Å²) in [7, 11) is 0. The average molecular weight is 169 g/mol. The lowest BCUT2D eigenvalue weighted by Crippen LogP contribution is -2.32. The highest BCUT2D eigenvalue weighted by molar-refractivity contribution is 5.02. The van der Waals surface area contributed by atoms with E-state index in [1.165, 1.54) is 25.7 Å². The lowest BCUT2D eigenvalue weighted by molar-refractivity contribution is 0.425. The number of nitrogens with one attached hydrogen (secondary N) is 1. The fraction of sp³-hybridized carbons (Fsp3) is 1.00. The van der Waals surface area contributed by atoms with Gasteiger partial charge in [-0.3, -0.25) is 0 Å². The van der Waals surface area contributed by atoms with E-state index >= 15 is 0 Å². The first-order chi connectivity index (χ1) is 5.60. The standard InChI is InChI=1S/C11H23N/c1-5-7-9(6-2)12-10-8-11(10,3)4/h9-10,12H,5-8H2,1-4H3. The number of hydrogen-bond donors (Lipinski definition) is 1. The molecule has 1 fully saturated rings. The van der Waals surface area contributed by atoms with Gasteiger partial charge in [0.25, 0.3) is 0 Å². The summed E-state index contributed by atoms with van der Waals surface area (Å²) in [5, 5.41) is 3.73. The van der Waals surface area contributed by atoms with Crippen LogP contribution < -0.4 is 5.32 Å². The van der Waals surface area contributed by atoms with Gasteiger partial charge in [0.15, 0.2) is 0 Å². The molecule has 1 aliphatic carbocycles. The molecule has 1 heteroatoms. The van der Waals surface area contributed by atoms with E-state index in [1.54, 1.807) is 0 Å². The Morgan fingerprint density at radius 2 is 2.00 bits per heavy atom. The van der Waals surface area contributed by atoms with E-state index in [1.807, 2.05) is 0 Å². The van der Waals surface area contributed by atoms with Crippen LogP contribution in [0.5, 0.6) is 0 Å². The third-order valence-electron chi connectivity index (χ3n) is 3.08. The minimum absolute atomic E-state index is 0.584.